The van der Waals surface area contributed by atoms with Crippen molar-refractivity contribution in [1.29, 1.82) is 0 Å². The van der Waals surface area contributed by atoms with Gasteiger partial charge in [-0.05, 0) is 31.6 Å². The molecule has 0 aliphatic heterocycles. The first kappa shape index (κ1) is 13.5. The fourth-order valence-corrected chi connectivity index (χ4v) is 2.29. The maximum Gasteiger partial charge on any atom is 0.227 e. The van der Waals surface area contributed by atoms with E-state index in [2.05, 4.69) is 12.2 Å². The Bertz CT molecular complexity index is 223. The Balaban J connectivity index is 2.48. The SMILES string of the molecule is COCCNC(=O)C1(CN)CCC(C)CC1. The summed E-state index contributed by atoms with van der Waals surface area (Å²) < 4.78 is 4.92. The Kier molecular flexibility index (Phi) is 5.22. The van der Waals surface area contributed by atoms with Crippen LogP contribution in [-0.2, 0) is 9.53 Å². The Morgan fingerprint density at radius 1 is 1.50 bits per heavy atom. The van der Waals surface area contributed by atoms with Crippen molar-refractivity contribution in [2.24, 2.45) is 17.1 Å². The molecule has 0 atom stereocenters. The molecule has 0 aromatic rings. The molecule has 1 amide bonds. The number of carbonyl (C=O) groups is 1. The van der Waals surface area contributed by atoms with E-state index in [1.807, 2.05) is 0 Å². The summed E-state index contributed by atoms with van der Waals surface area (Å²) in [6.45, 7) is 3.83. The molecular weight excluding hydrogens is 204 g/mol. The fourth-order valence-electron chi connectivity index (χ4n) is 2.29. The van der Waals surface area contributed by atoms with E-state index in [0.717, 1.165) is 31.6 Å². The van der Waals surface area contributed by atoms with Crippen LogP contribution in [0.3, 0.4) is 0 Å². The summed E-state index contributed by atoms with van der Waals surface area (Å²) in [5, 5.41) is 2.92. The number of nitrogens with two attached hydrogens (primary N) is 1. The predicted octanol–water partition coefficient (Wildman–Crippen LogP) is 0.904. The molecule has 4 heteroatoms. The molecule has 1 fully saturated rings. The molecule has 94 valence electrons. The number of rotatable bonds is 5. The highest BCUT2D eigenvalue weighted by molar-refractivity contribution is 5.83. The minimum Gasteiger partial charge on any atom is -0.383 e. The molecule has 0 heterocycles. The average molecular weight is 228 g/mol. The molecule has 1 aliphatic carbocycles. The number of hydrogen-bond acceptors (Lipinski definition) is 3. The van der Waals surface area contributed by atoms with Crippen molar-refractivity contribution in [1.82, 2.24) is 5.32 Å². The van der Waals surface area contributed by atoms with Crippen molar-refractivity contribution in [2.45, 2.75) is 32.6 Å². The molecule has 3 N–H and O–H groups in total. The van der Waals surface area contributed by atoms with Crippen molar-refractivity contribution < 1.29 is 9.53 Å². The van der Waals surface area contributed by atoms with Gasteiger partial charge in [-0.15, -0.1) is 0 Å². The minimum absolute atomic E-state index is 0.110. The van der Waals surface area contributed by atoms with Gasteiger partial charge in [0.2, 0.25) is 5.91 Å². The van der Waals surface area contributed by atoms with Crippen molar-refractivity contribution in [3.8, 4) is 0 Å². The smallest absolute Gasteiger partial charge is 0.227 e. The Labute approximate surface area is 97.9 Å². The highest BCUT2D eigenvalue weighted by Gasteiger charge is 2.39. The van der Waals surface area contributed by atoms with Crippen LogP contribution in [-0.4, -0.2) is 32.7 Å². The monoisotopic (exact) mass is 228 g/mol. The van der Waals surface area contributed by atoms with Gasteiger partial charge in [-0.3, -0.25) is 4.79 Å². The van der Waals surface area contributed by atoms with Crippen LogP contribution in [0.5, 0.6) is 0 Å². The molecule has 0 spiro atoms. The van der Waals surface area contributed by atoms with Gasteiger partial charge < -0.3 is 15.8 Å². The van der Waals surface area contributed by atoms with E-state index in [1.54, 1.807) is 7.11 Å². The molecule has 4 nitrogen and oxygen atoms in total. The lowest BCUT2D eigenvalue weighted by Crippen LogP contribution is -2.48. The van der Waals surface area contributed by atoms with Gasteiger partial charge in [-0.25, -0.2) is 0 Å². The van der Waals surface area contributed by atoms with Crippen LogP contribution in [0.1, 0.15) is 32.6 Å². The first-order valence-electron chi connectivity index (χ1n) is 6.12. The quantitative estimate of drug-likeness (QED) is 0.687. The summed E-state index contributed by atoms with van der Waals surface area (Å²) in [6.07, 6.45) is 4.05. The summed E-state index contributed by atoms with van der Waals surface area (Å²) in [5.41, 5.74) is 5.48. The van der Waals surface area contributed by atoms with Crippen LogP contribution < -0.4 is 11.1 Å². The molecule has 0 bridgehead atoms. The standard InChI is InChI=1S/C12H24N2O2/c1-10-3-5-12(9-13,6-4-10)11(15)14-7-8-16-2/h10H,3-9,13H2,1-2H3,(H,14,15). The number of nitrogens with one attached hydrogen (secondary N) is 1. The van der Waals surface area contributed by atoms with Crippen molar-refractivity contribution in [2.75, 3.05) is 26.8 Å². The molecule has 0 unspecified atom stereocenters. The normalized spacial score (nSPS) is 30.1. The third-order valence-electron chi connectivity index (χ3n) is 3.70. The summed E-state index contributed by atoms with van der Waals surface area (Å²) in [6, 6.07) is 0. The van der Waals surface area contributed by atoms with Gasteiger partial charge in [0.25, 0.3) is 0 Å². The molecule has 0 radical (unpaired) electrons. The second-order valence-electron chi connectivity index (χ2n) is 4.92. The first-order chi connectivity index (χ1) is 7.64. The summed E-state index contributed by atoms with van der Waals surface area (Å²) in [4.78, 5) is 12.1. The molecule has 0 aromatic heterocycles. The fraction of sp³-hybridized carbons (Fsp3) is 0.917. The van der Waals surface area contributed by atoms with E-state index >= 15 is 0 Å². The van der Waals surface area contributed by atoms with E-state index in [-0.39, 0.29) is 11.3 Å². The van der Waals surface area contributed by atoms with Crippen LogP contribution in [0, 0.1) is 11.3 Å². The molecule has 0 saturated heterocycles. The van der Waals surface area contributed by atoms with Gasteiger partial charge in [0.05, 0.1) is 12.0 Å². The minimum atomic E-state index is -0.319. The van der Waals surface area contributed by atoms with Crippen LogP contribution in [0.2, 0.25) is 0 Å². The Hall–Kier alpha value is -0.610. The van der Waals surface area contributed by atoms with Crippen molar-refractivity contribution >= 4 is 5.91 Å². The third-order valence-corrected chi connectivity index (χ3v) is 3.70. The zero-order valence-electron chi connectivity index (χ0n) is 10.4. The lowest BCUT2D eigenvalue weighted by Gasteiger charge is -2.37. The van der Waals surface area contributed by atoms with Crippen LogP contribution >= 0.6 is 0 Å². The Morgan fingerprint density at radius 3 is 2.62 bits per heavy atom. The summed E-state index contributed by atoms with van der Waals surface area (Å²) in [5.74, 6) is 0.838. The summed E-state index contributed by atoms with van der Waals surface area (Å²) >= 11 is 0. The number of amides is 1. The first-order valence-corrected chi connectivity index (χ1v) is 6.12. The van der Waals surface area contributed by atoms with Gasteiger partial charge >= 0.3 is 0 Å². The van der Waals surface area contributed by atoms with E-state index in [0.29, 0.717) is 19.7 Å². The lowest BCUT2D eigenvalue weighted by atomic mass is 9.70. The van der Waals surface area contributed by atoms with Crippen molar-refractivity contribution in [3.05, 3.63) is 0 Å². The number of hydrogen-bond donors (Lipinski definition) is 2. The topological polar surface area (TPSA) is 64.3 Å². The molecule has 16 heavy (non-hydrogen) atoms. The predicted molar refractivity (Wildman–Crippen MR) is 64.0 cm³/mol. The van der Waals surface area contributed by atoms with Gasteiger partial charge in [0, 0.05) is 20.2 Å². The highest BCUT2D eigenvalue weighted by Crippen LogP contribution is 2.38. The zero-order chi connectivity index (χ0) is 12.0. The molecule has 1 aliphatic rings. The van der Waals surface area contributed by atoms with E-state index in [1.165, 1.54) is 0 Å². The van der Waals surface area contributed by atoms with Crippen LogP contribution in [0.15, 0.2) is 0 Å². The highest BCUT2D eigenvalue weighted by atomic mass is 16.5. The van der Waals surface area contributed by atoms with Crippen LogP contribution in [0.4, 0.5) is 0 Å². The van der Waals surface area contributed by atoms with Gasteiger partial charge in [0.1, 0.15) is 0 Å². The largest absolute Gasteiger partial charge is 0.383 e. The van der Waals surface area contributed by atoms with Gasteiger partial charge in [0.15, 0.2) is 0 Å². The average Bonchev–Trinajstić information content (AvgIpc) is 2.31. The van der Waals surface area contributed by atoms with E-state index < -0.39 is 0 Å². The molecule has 1 saturated carbocycles. The molecule has 0 aromatic carbocycles. The zero-order valence-corrected chi connectivity index (χ0v) is 10.4. The third kappa shape index (κ3) is 3.19. The summed E-state index contributed by atoms with van der Waals surface area (Å²) in [7, 11) is 1.63. The van der Waals surface area contributed by atoms with Crippen molar-refractivity contribution in [3.63, 3.8) is 0 Å². The maximum absolute atomic E-state index is 12.1. The Morgan fingerprint density at radius 2 is 2.12 bits per heavy atom. The maximum atomic E-state index is 12.1. The number of ether oxygens (including phenoxy) is 1. The number of carbonyl (C=O) groups excluding carboxylic acids is 1. The van der Waals surface area contributed by atoms with E-state index in [4.69, 9.17) is 10.5 Å². The molecular formula is C12H24N2O2. The second kappa shape index (κ2) is 6.21. The van der Waals surface area contributed by atoms with Gasteiger partial charge in [-0.1, -0.05) is 6.92 Å². The second-order valence-corrected chi connectivity index (χ2v) is 4.92. The van der Waals surface area contributed by atoms with E-state index in [9.17, 15) is 4.79 Å². The van der Waals surface area contributed by atoms with Gasteiger partial charge in [-0.2, -0.15) is 0 Å². The molecule has 1 rings (SSSR count). The lowest BCUT2D eigenvalue weighted by molar-refractivity contribution is -0.133. The number of methoxy groups -OCH3 is 1. The van der Waals surface area contributed by atoms with Crippen LogP contribution in [0.25, 0.3) is 0 Å².